The molecule has 16 heavy (non-hydrogen) atoms. The summed E-state index contributed by atoms with van der Waals surface area (Å²) in [5.74, 6) is 0.0607. The lowest BCUT2D eigenvalue weighted by Gasteiger charge is -2.34. The highest BCUT2D eigenvalue weighted by Gasteiger charge is 2.41. The second kappa shape index (κ2) is 4.51. The van der Waals surface area contributed by atoms with Crippen LogP contribution in [0.5, 0.6) is 0 Å². The Morgan fingerprint density at radius 2 is 1.88 bits per heavy atom. The van der Waals surface area contributed by atoms with Crippen LogP contribution in [0.4, 0.5) is 0 Å². The highest BCUT2D eigenvalue weighted by atomic mass is 16.5. The molecule has 2 heterocycles. The topological polar surface area (TPSA) is 58.6 Å². The third kappa shape index (κ3) is 1.97. The van der Waals surface area contributed by atoms with E-state index in [0.29, 0.717) is 25.9 Å². The van der Waals surface area contributed by atoms with Crippen LogP contribution in [0.3, 0.4) is 0 Å². The largest absolute Gasteiger partial charge is 0.378 e. The number of hydrogen-bond donors (Lipinski definition) is 1. The van der Waals surface area contributed by atoms with Gasteiger partial charge in [-0.1, -0.05) is 6.92 Å². The Morgan fingerprint density at radius 1 is 1.25 bits per heavy atom. The summed E-state index contributed by atoms with van der Waals surface area (Å²) in [6.45, 7) is 3.28. The third-order valence-electron chi connectivity index (χ3n) is 3.35. The number of methoxy groups -OCH3 is 1. The van der Waals surface area contributed by atoms with Gasteiger partial charge in [0.15, 0.2) is 0 Å². The first-order chi connectivity index (χ1) is 7.63. The molecule has 0 aliphatic carbocycles. The van der Waals surface area contributed by atoms with Crippen molar-refractivity contribution in [2.75, 3.05) is 20.2 Å². The molecule has 2 fully saturated rings. The van der Waals surface area contributed by atoms with Crippen molar-refractivity contribution in [1.82, 2.24) is 10.2 Å². The van der Waals surface area contributed by atoms with E-state index in [1.807, 2.05) is 6.92 Å². The number of nitrogens with zero attached hydrogens (tertiary/aromatic N) is 1. The van der Waals surface area contributed by atoms with Gasteiger partial charge in [0.2, 0.25) is 11.8 Å². The molecule has 0 radical (unpaired) electrons. The van der Waals surface area contributed by atoms with Crippen LogP contribution < -0.4 is 5.32 Å². The van der Waals surface area contributed by atoms with Crippen molar-refractivity contribution in [1.29, 1.82) is 0 Å². The van der Waals surface area contributed by atoms with Gasteiger partial charge in [0.1, 0.15) is 0 Å². The molecule has 1 N–H and O–H groups in total. The lowest BCUT2D eigenvalue weighted by Crippen LogP contribution is -2.53. The average molecular weight is 226 g/mol. The molecule has 0 bridgehead atoms. The van der Waals surface area contributed by atoms with E-state index in [-0.39, 0.29) is 29.9 Å². The summed E-state index contributed by atoms with van der Waals surface area (Å²) in [5, 5.41) is 3.15. The summed E-state index contributed by atoms with van der Waals surface area (Å²) in [5.41, 5.74) is 0. The SMILES string of the molecule is CO[C@H]1CNCC1N1C(=O)CC(C)CC1=O. The first-order valence-electron chi connectivity index (χ1n) is 5.72. The molecule has 5 heteroatoms. The second-order valence-corrected chi connectivity index (χ2v) is 4.67. The number of piperidine rings is 1. The lowest BCUT2D eigenvalue weighted by atomic mass is 9.96. The molecule has 2 rings (SSSR count). The van der Waals surface area contributed by atoms with Crippen LogP contribution in [0.15, 0.2) is 0 Å². The Kier molecular flexibility index (Phi) is 3.25. The van der Waals surface area contributed by atoms with Crippen molar-refractivity contribution in [3.63, 3.8) is 0 Å². The highest BCUT2D eigenvalue weighted by molar-refractivity contribution is 5.98. The first-order valence-corrected chi connectivity index (χ1v) is 5.72. The number of amides is 2. The van der Waals surface area contributed by atoms with Gasteiger partial charge in [-0.3, -0.25) is 14.5 Å². The number of carbonyl (C=O) groups is 2. The minimum absolute atomic E-state index is 0.0560. The zero-order valence-corrected chi connectivity index (χ0v) is 9.73. The Balaban J connectivity index is 2.13. The fraction of sp³-hybridized carbons (Fsp3) is 0.818. The average Bonchev–Trinajstić information content (AvgIpc) is 2.64. The van der Waals surface area contributed by atoms with Crippen molar-refractivity contribution in [2.45, 2.75) is 31.9 Å². The van der Waals surface area contributed by atoms with Crippen LogP contribution in [-0.4, -0.2) is 49.1 Å². The van der Waals surface area contributed by atoms with Crippen LogP contribution in [0.1, 0.15) is 19.8 Å². The molecule has 90 valence electrons. The van der Waals surface area contributed by atoms with Crippen LogP contribution in [-0.2, 0) is 14.3 Å². The Bertz CT molecular complexity index is 288. The van der Waals surface area contributed by atoms with E-state index in [0.717, 1.165) is 0 Å². The first kappa shape index (κ1) is 11.5. The number of imide groups is 1. The fourth-order valence-corrected chi connectivity index (χ4v) is 2.51. The van der Waals surface area contributed by atoms with E-state index >= 15 is 0 Å². The van der Waals surface area contributed by atoms with E-state index in [9.17, 15) is 9.59 Å². The molecule has 2 aliphatic rings. The maximum atomic E-state index is 11.9. The zero-order chi connectivity index (χ0) is 11.7. The summed E-state index contributed by atoms with van der Waals surface area (Å²) in [4.78, 5) is 25.2. The van der Waals surface area contributed by atoms with E-state index in [2.05, 4.69) is 5.32 Å². The number of likely N-dealkylation sites (tertiary alicyclic amines) is 1. The summed E-state index contributed by atoms with van der Waals surface area (Å²) in [7, 11) is 1.62. The quantitative estimate of drug-likeness (QED) is 0.660. The third-order valence-corrected chi connectivity index (χ3v) is 3.35. The lowest BCUT2D eigenvalue weighted by molar-refractivity contribution is -0.154. The maximum absolute atomic E-state index is 11.9. The van der Waals surface area contributed by atoms with E-state index in [1.165, 1.54) is 4.90 Å². The van der Waals surface area contributed by atoms with Gasteiger partial charge in [0.05, 0.1) is 12.1 Å². The number of hydrogen-bond acceptors (Lipinski definition) is 4. The van der Waals surface area contributed by atoms with Crippen molar-refractivity contribution < 1.29 is 14.3 Å². The smallest absolute Gasteiger partial charge is 0.229 e. The molecule has 2 saturated heterocycles. The molecule has 2 aliphatic heterocycles. The van der Waals surface area contributed by atoms with Crippen molar-refractivity contribution in [2.24, 2.45) is 5.92 Å². The van der Waals surface area contributed by atoms with Gasteiger partial charge in [-0.25, -0.2) is 0 Å². The Labute approximate surface area is 95.1 Å². The van der Waals surface area contributed by atoms with Gasteiger partial charge >= 0.3 is 0 Å². The van der Waals surface area contributed by atoms with Crippen molar-refractivity contribution in [3.8, 4) is 0 Å². The molecular formula is C11H18N2O3. The van der Waals surface area contributed by atoms with Gasteiger partial charge in [0.25, 0.3) is 0 Å². The number of ether oxygens (including phenoxy) is 1. The summed E-state index contributed by atoms with van der Waals surface area (Å²) < 4.78 is 5.29. The summed E-state index contributed by atoms with van der Waals surface area (Å²) >= 11 is 0. The van der Waals surface area contributed by atoms with Gasteiger partial charge < -0.3 is 10.1 Å². The fourth-order valence-electron chi connectivity index (χ4n) is 2.51. The standard InChI is InChI=1S/C11H18N2O3/c1-7-3-10(14)13(11(15)4-7)8-5-12-6-9(8)16-2/h7-9,12H,3-6H2,1-2H3/t8?,9-/m0/s1. The predicted octanol–water partition coefficient (Wildman–Crippen LogP) is -0.242. The predicted molar refractivity (Wildman–Crippen MR) is 57.7 cm³/mol. The molecule has 2 amide bonds. The molecule has 0 aromatic heterocycles. The summed E-state index contributed by atoms with van der Waals surface area (Å²) in [6.07, 6.45) is 0.874. The Morgan fingerprint density at radius 3 is 2.44 bits per heavy atom. The monoisotopic (exact) mass is 226 g/mol. The normalized spacial score (nSPS) is 32.5. The van der Waals surface area contributed by atoms with Gasteiger partial charge in [-0.2, -0.15) is 0 Å². The number of rotatable bonds is 2. The number of nitrogens with one attached hydrogen (secondary N) is 1. The molecule has 0 saturated carbocycles. The van der Waals surface area contributed by atoms with E-state index in [1.54, 1.807) is 7.11 Å². The van der Waals surface area contributed by atoms with E-state index < -0.39 is 0 Å². The van der Waals surface area contributed by atoms with Crippen LogP contribution in [0.2, 0.25) is 0 Å². The molecule has 0 aromatic rings. The van der Waals surface area contributed by atoms with E-state index in [4.69, 9.17) is 4.74 Å². The molecule has 2 atom stereocenters. The van der Waals surface area contributed by atoms with Crippen LogP contribution in [0.25, 0.3) is 0 Å². The van der Waals surface area contributed by atoms with Gasteiger partial charge in [0, 0.05) is 33.0 Å². The minimum Gasteiger partial charge on any atom is -0.378 e. The van der Waals surface area contributed by atoms with Crippen LogP contribution in [0, 0.1) is 5.92 Å². The van der Waals surface area contributed by atoms with Gasteiger partial charge in [-0.15, -0.1) is 0 Å². The molecule has 1 unspecified atom stereocenters. The molecule has 5 nitrogen and oxygen atoms in total. The van der Waals surface area contributed by atoms with Crippen molar-refractivity contribution >= 4 is 11.8 Å². The summed E-state index contributed by atoms with van der Waals surface area (Å²) in [6, 6.07) is -0.127. The van der Waals surface area contributed by atoms with Crippen LogP contribution >= 0.6 is 0 Å². The highest BCUT2D eigenvalue weighted by Crippen LogP contribution is 2.23. The molecule has 0 spiro atoms. The Hall–Kier alpha value is -0.940. The van der Waals surface area contributed by atoms with Gasteiger partial charge in [-0.05, 0) is 5.92 Å². The zero-order valence-electron chi connectivity index (χ0n) is 9.73. The van der Waals surface area contributed by atoms with Crippen molar-refractivity contribution in [3.05, 3.63) is 0 Å². The number of carbonyl (C=O) groups excluding carboxylic acids is 2. The molecule has 0 aromatic carbocycles. The molecular weight excluding hydrogens is 208 g/mol. The second-order valence-electron chi connectivity index (χ2n) is 4.67. The minimum atomic E-state index is -0.127. The maximum Gasteiger partial charge on any atom is 0.229 e.